The normalized spacial score (nSPS) is 21.4. The Morgan fingerprint density at radius 1 is 1.13 bits per heavy atom. The summed E-state index contributed by atoms with van der Waals surface area (Å²) in [5.41, 5.74) is 1.01. The summed E-state index contributed by atoms with van der Waals surface area (Å²) >= 11 is 0. The number of nitrogens with zero attached hydrogens (tertiary/aromatic N) is 1. The van der Waals surface area contributed by atoms with Crippen LogP contribution in [0.25, 0.3) is 0 Å². The molecule has 1 aromatic rings. The molecule has 0 aromatic heterocycles. The van der Waals surface area contributed by atoms with Crippen molar-refractivity contribution >= 4 is 17.7 Å². The Hall–Kier alpha value is -2.61. The third-order valence-electron chi connectivity index (χ3n) is 5.44. The first kappa shape index (κ1) is 23.7. The molecule has 0 aliphatic carbocycles. The number of likely N-dealkylation sites (N-methyl/N-ethyl adjacent to an activating group) is 1. The Balaban J connectivity index is 2.10. The zero-order valence-electron chi connectivity index (χ0n) is 18.2. The van der Waals surface area contributed by atoms with Crippen molar-refractivity contribution in [1.82, 2.24) is 20.9 Å². The first-order valence-electron chi connectivity index (χ1n) is 10.6. The van der Waals surface area contributed by atoms with Gasteiger partial charge in [-0.1, -0.05) is 38.5 Å². The van der Waals surface area contributed by atoms with Crippen LogP contribution in [0.2, 0.25) is 0 Å². The van der Waals surface area contributed by atoms with Gasteiger partial charge in [-0.2, -0.15) is 0 Å². The molecule has 0 spiro atoms. The summed E-state index contributed by atoms with van der Waals surface area (Å²) in [4.78, 5) is 38.5. The summed E-state index contributed by atoms with van der Waals surface area (Å²) in [6.07, 6.45) is 1.50. The van der Waals surface area contributed by atoms with E-state index in [-0.39, 0.29) is 42.6 Å². The van der Waals surface area contributed by atoms with Crippen molar-refractivity contribution in [2.45, 2.75) is 26.7 Å². The van der Waals surface area contributed by atoms with Gasteiger partial charge in [0.1, 0.15) is 12.4 Å². The number of rotatable bonds is 2. The number of nitrogens with one attached hydrogen (secondary N) is 3. The second-order valence-corrected chi connectivity index (χ2v) is 7.72. The second-order valence-electron chi connectivity index (χ2n) is 7.72. The number of para-hydroxylation sites is 1. The molecule has 0 saturated heterocycles. The third-order valence-corrected chi connectivity index (χ3v) is 5.44. The minimum Gasteiger partial charge on any atom is -0.492 e. The van der Waals surface area contributed by atoms with Crippen molar-refractivity contribution in [3.05, 3.63) is 29.8 Å². The van der Waals surface area contributed by atoms with Crippen LogP contribution in [0.4, 0.5) is 0 Å². The fourth-order valence-corrected chi connectivity index (χ4v) is 3.37. The van der Waals surface area contributed by atoms with E-state index in [1.54, 1.807) is 7.05 Å². The first-order valence-corrected chi connectivity index (χ1v) is 10.6. The molecule has 1 heterocycles. The van der Waals surface area contributed by atoms with Crippen LogP contribution in [-0.2, 0) is 20.8 Å². The Kier molecular flexibility index (Phi) is 9.60. The van der Waals surface area contributed by atoms with Gasteiger partial charge in [-0.05, 0) is 24.0 Å². The highest BCUT2D eigenvalue weighted by Crippen LogP contribution is 2.19. The molecule has 3 N–H and O–H groups in total. The standard InChI is InChI=1S/C22H34N4O4/c1-4-16(2)18-13-23-11-12-30-19-8-6-5-7-17(19)9-10-24-20(27)14-25-21(28)15-26(3)22(18)29/h5-8,16,18,23H,4,9-15H2,1-3H3,(H,24,27)(H,25,28). The zero-order valence-corrected chi connectivity index (χ0v) is 18.2. The molecule has 1 aromatic carbocycles. The van der Waals surface area contributed by atoms with Gasteiger partial charge in [-0.15, -0.1) is 0 Å². The molecule has 2 rings (SSSR count). The summed E-state index contributed by atoms with van der Waals surface area (Å²) < 4.78 is 5.92. The Labute approximate surface area is 178 Å². The number of hydrogen-bond acceptors (Lipinski definition) is 5. The molecule has 2 unspecified atom stereocenters. The maximum atomic E-state index is 12.9. The number of carbonyl (C=O) groups is 3. The molecule has 8 heteroatoms. The van der Waals surface area contributed by atoms with Crippen LogP contribution in [0.1, 0.15) is 25.8 Å². The lowest BCUT2D eigenvalue weighted by molar-refractivity contribution is -0.139. The highest BCUT2D eigenvalue weighted by Gasteiger charge is 2.27. The van der Waals surface area contributed by atoms with Crippen molar-refractivity contribution in [2.75, 3.05) is 46.4 Å². The molecule has 30 heavy (non-hydrogen) atoms. The predicted molar refractivity (Wildman–Crippen MR) is 115 cm³/mol. The fraction of sp³-hybridized carbons (Fsp3) is 0.591. The molecule has 3 amide bonds. The molecule has 1 aliphatic heterocycles. The predicted octanol–water partition coefficient (Wildman–Crippen LogP) is 0.564. The molecule has 0 fully saturated rings. The summed E-state index contributed by atoms with van der Waals surface area (Å²) in [6, 6.07) is 7.74. The van der Waals surface area contributed by atoms with Crippen LogP contribution in [0.3, 0.4) is 0 Å². The van der Waals surface area contributed by atoms with E-state index in [1.165, 1.54) is 4.90 Å². The van der Waals surface area contributed by atoms with Gasteiger partial charge in [0, 0.05) is 26.7 Å². The smallest absolute Gasteiger partial charge is 0.240 e. The van der Waals surface area contributed by atoms with Gasteiger partial charge < -0.3 is 25.6 Å². The van der Waals surface area contributed by atoms with E-state index in [0.717, 1.165) is 17.7 Å². The van der Waals surface area contributed by atoms with Crippen molar-refractivity contribution in [1.29, 1.82) is 0 Å². The topological polar surface area (TPSA) is 99.8 Å². The van der Waals surface area contributed by atoms with Crippen LogP contribution in [0, 0.1) is 11.8 Å². The van der Waals surface area contributed by atoms with E-state index >= 15 is 0 Å². The lowest BCUT2D eigenvalue weighted by Crippen LogP contribution is -2.47. The quantitative estimate of drug-likeness (QED) is 0.652. The lowest BCUT2D eigenvalue weighted by Gasteiger charge is -2.27. The van der Waals surface area contributed by atoms with E-state index in [0.29, 0.717) is 32.7 Å². The van der Waals surface area contributed by atoms with Crippen molar-refractivity contribution in [3.8, 4) is 5.75 Å². The highest BCUT2D eigenvalue weighted by atomic mass is 16.5. The van der Waals surface area contributed by atoms with E-state index in [2.05, 4.69) is 22.9 Å². The van der Waals surface area contributed by atoms with Gasteiger partial charge in [0.2, 0.25) is 17.7 Å². The molecule has 0 bridgehead atoms. The summed E-state index contributed by atoms with van der Waals surface area (Å²) in [5.74, 6) is 0.0344. The van der Waals surface area contributed by atoms with Crippen molar-refractivity contribution in [2.24, 2.45) is 11.8 Å². The van der Waals surface area contributed by atoms with E-state index < -0.39 is 0 Å². The molecule has 8 nitrogen and oxygen atoms in total. The van der Waals surface area contributed by atoms with Crippen LogP contribution < -0.4 is 20.7 Å². The van der Waals surface area contributed by atoms with Crippen LogP contribution in [-0.4, -0.2) is 69.0 Å². The molecular formula is C22H34N4O4. The molecule has 166 valence electrons. The van der Waals surface area contributed by atoms with Gasteiger partial charge in [-0.3, -0.25) is 14.4 Å². The molecule has 0 radical (unpaired) electrons. The fourth-order valence-electron chi connectivity index (χ4n) is 3.37. The number of fused-ring (bicyclic) bond motifs is 1. The summed E-state index contributed by atoms with van der Waals surface area (Å²) in [5, 5.41) is 8.70. The van der Waals surface area contributed by atoms with Gasteiger partial charge in [0.05, 0.1) is 19.0 Å². The summed E-state index contributed by atoms with van der Waals surface area (Å²) in [7, 11) is 1.62. The van der Waals surface area contributed by atoms with Crippen molar-refractivity contribution < 1.29 is 19.1 Å². The van der Waals surface area contributed by atoms with Gasteiger partial charge in [-0.25, -0.2) is 0 Å². The zero-order chi connectivity index (χ0) is 21.9. The largest absolute Gasteiger partial charge is 0.492 e. The number of ether oxygens (including phenoxy) is 1. The summed E-state index contributed by atoms with van der Waals surface area (Å²) in [6.45, 7) is 5.95. The second kappa shape index (κ2) is 12.2. The van der Waals surface area contributed by atoms with Gasteiger partial charge in [0.25, 0.3) is 0 Å². The molecular weight excluding hydrogens is 384 g/mol. The number of benzene rings is 1. The average molecular weight is 419 g/mol. The maximum absolute atomic E-state index is 12.9. The minimum absolute atomic E-state index is 0.0739. The SMILES string of the molecule is CCC(C)C1CNCCOc2ccccc2CCNC(=O)CNC(=O)CN(C)C1=O. The molecule has 1 aliphatic rings. The monoisotopic (exact) mass is 418 g/mol. The van der Waals surface area contributed by atoms with Crippen molar-refractivity contribution in [3.63, 3.8) is 0 Å². The van der Waals surface area contributed by atoms with E-state index in [1.807, 2.05) is 31.2 Å². The minimum atomic E-state index is -0.350. The molecule has 2 atom stereocenters. The third kappa shape index (κ3) is 7.33. The molecule has 0 saturated carbocycles. The number of hydrogen-bond donors (Lipinski definition) is 3. The van der Waals surface area contributed by atoms with E-state index in [4.69, 9.17) is 4.74 Å². The Bertz CT molecular complexity index is 725. The van der Waals surface area contributed by atoms with Crippen LogP contribution in [0.5, 0.6) is 5.75 Å². The first-order chi connectivity index (χ1) is 14.4. The Morgan fingerprint density at radius 2 is 1.90 bits per heavy atom. The Morgan fingerprint density at radius 3 is 2.67 bits per heavy atom. The maximum Gasteiger partial charge on any atom is 0.240 e. The number of carbonyl (C=O) groups excluding carboxylic acids is 3. The van der Waals surface area contributed by atoms with E-state index in [9.17, 15) is 14.4 Å². The lowest BCUT2D eigenvalue weighted by atomic mass is 9.90. The average Bonchev–Trinajstić information content (AvgIpc) is 2.74. The number of amides is 3. The van der Waals surface area contributed by atoms with Gasteiger partial charge >= 0.3 is 0 Å². The van der Waals surface area contributed by atoms with Crippen LogP contribution >= 0.6 is 0 Å². The van der Waals surface area contributed by atoms with Crippen LogP contribution in [0.15, 0.2) is 24.3 Å². The van der Waals surface area contributed by atoms with Gasteiger partial charge in [0.15, 0.2) is 0 Å². The highest BCUT2D eigenvalue weighted by molar-refractivity contribution is 5.88.